The van der Waals surface area contributed by atoms with Gasteiger partial charge in [0.25, 0.3) is 5.91 Å². The van der Waals surface area contributed by atoms with Crippen LogP contribution in [0, 0.1) is 0 Å². The number of nitrogens with one attached hydrogen (secondary N) is 1. The standard InChI is InChI=1S/C24H26N2O5/c1-23(2,3)16-7-5-15(6-8-16)18(27)14-26-21(28)24(4,25-22(26)29)17-9-10-19-20(13-17)31-12-11-30-19/h5-10,13H,11-12,14H2,1-4H3,(H,25,29)/t24-/m1/s1. The lowest BCUT2D eigenvalue weighted by Gasteiger charge is -2.25. The fourth-order valence-electron chi connectivity index (χ4n) is 3.78. The lowest BCUT2D eigenvalue weighted by molar-refractivity contribution is -0.130. The zero-order chi connectivity index (χ0) is 22.4. The molecule has 2 aliphatic heterocycles. The molecule has 1 N–H and O–H groups in total. The molecule has 1 atom stereocenters. The minimum Gasteiger partial charge on any atom is -0.486 e. The van der Waals surface area contributed by atoms with E-state index in [1.807, 2.05) is 12.1 Å². The number of hydrogen-bond acceptors (Lipinski definition) is 5. The Labute approximate surface area is 181 Å². The van der Waals surface area contributed by atoms with Gasteiger partial charge in [-0.05, 0) is 35.6 Å². The lowest BCUT2D eigenvalue weighted by Crippen LogP contribution is -2.41. The van der Waals surface area contributed by atoms with E-state index in [0.29, 0.717) is 35.8 Å². The van der Waals surface area contributed by atoms with Gasteiger partial charge in [0.15, 0.2) is 17.3 Å². The molecule has 2 heterocycles. The van der Waals surface area contributed by atoms with Crippen molar-refractivity contribution >= 4 is 17.7 Å². The number of benzene rings is 2. The number of ether oxygens (including phenoxy) is 2. The van der Waals surface area contributed by atoms with Gasteiger partial charge < -0.3 is 14.8 Å². The Balaban J connectivity index is 1.53. The molecule has 2 aliphatic rings. The Morgan fingerprint density at radius 3 is 2.32 bits per heavy atom. The van der Waals surface area contributed by atoms with E-state index in [-0.39, 0.29) is 17.7 Å². The quantitative estimate of drug-likeness (QED) is 0.603. The number of rotatable bonds is 4. The molecule has 2 aromatic rings. The minimum absolute atomic E-state index is 0.0299. The van der Waals surface area contributed by atoms with Crippen molar-refractivity contribution in [3.8, 4) is 11.5 Å². The minimum atomic E-state index is -1.29. The molecule has 31 heavy (non-hydrogen) atoms. The average Bonchev–Trinajstić information content (AvgIpc) is 2.96. The van der Waals surface area contributed by atoms with Gasteiger partial charge in [0.05, 0.1) is 6.54 Å². The molecule has 162 valence electrons. The monoisotopic (exact) mass is 422 g/mol. The van der Waals surface area contributed by atoms with Gasteiger partial charge in [0.2, 0.25) is 0 Å². The number of imide groups is 1. The van der Waals surface area contributed by atoms with Crippen LogP contribution in [0.15, 0.2) is 42.5 Å². The first kappa shape index (κ1) is 20.9. The van der Waals surface area contributed by atoms with Gasteiger partial charge in [0.1, 0.15) is 18.8 Å². The van der Waals surface area contributed by atoms with Crippen LogP contribution in [0.1, 0.15) is 49.2 Å². The number of urea groups is 1. The number of carbonyl (C=O) groups is 3. The first-order chi connectivity index (χ1) is 14.6. The van der Waals surface area contributed by atoms with E-state index in [4.69, 9.17) is 9.47 Å². The van der Waals surface area contributed by atoms with E-state index >= 15 is 0 Å². The van der Waals surface area contributed by atoms with Crippen LogP contribution in [0.25, 0.3) is 0 Å². The molecule has 0 spiro atoms. The van der Waals surface area contributed by atoms with Crippen molar-refractivity contribution < 1.29 is 23.9 Å². The summed E-state index contributed by atoms with van der Waals surface area (Å²) in [5.41, 5.74) is 0.813. The summed E-state index contributed by atoms with van der Waals surface area (Å²) in [6.45, 7) is 8.47. The van der Waals surface area contributed by atoms with Crippen LogP contribution in [0.2, 0.25) is 0 Å². The van der Waals surface area contributed by atoms with Crippen molar-refractivity contribution in [3.63, 3.8) is 0 Å². The van der Waals surface area contributed by atoms with Crippen LogP contribution in [0.5, 0.6) is 11.5 Å². The summed E-state index contributed by atoms with van der Waals surface area (Å²) in [5, 5.41) is 2.73. The lowest BCUT2D eigenvalue weighted by atomic mass is 9.86. The molecule has 3 amide bonds. The van der Waals surface area contributed by atoms with Gasteiger partial charge in [-0.3, -0.25) is 14.5 Å². The molecule has 7 nitrogen and oxygen atoms in total. The highest BCUT2D eigenvalue weighted by Gasteiger charge is 2.49. The molecular formula is C24H26N2O5. The van der Waals surface area contributed by atoms with Crippen molar-refractivity contribution in [1.29, 1.82) is 0 Å². The number of carbonyl (C=O) groups excluding carboxylic acids is 3. The number of nitrogens with zero attached hydrogens (tertiary/aromatic N) is 1. The van der Waals surface area contributed by atoms with Crippen LogP contribution in [-0.2, 0) is 15.7 Å². The van der Waals surface area contributed by atoms with Crippen molar-refractivity contribution in [2.75, 3.05) is 19.8 Å². The van der Waals surface area contributed by atoms with E-state index < -0.39 is 17.5 Å². The second kappa shape index (κ2) is 7.41. The highest BCUT2D eigenvalue weighted by Crippen LogP contribution is 2.37. The molecule has 1 saturated heterocycles. The molecule has 0 saturated carbocycles. The van der Waals surface area contributed by atoms with Gasteiger partial charge in [0, 0.05) is 5.56 Å². The summed E-state index contributed by atoms with van der Waals surface area (Å²) in [4.78, 5) is 39.5. The third-order valence-corrected chi connectivity index (χ3v) is 5.77. The van der Waals surface area contributed by atoms with E-state index in [9.17, 15) is 14.4 Å². The Hall–Kier alpha value is -3.35. The van der Waals surface area contributed by atoms with Crippen molar-refractivity contribution in [2.24, 2.45) is 0 Å². The molecule has 1 fully saturated rings. The normalized spacial score (nSPS) is 20.6. The number of hydrogen-bond donors (Lipinski definition) is 1. The third-order valence-electron chi connectivity index (χ3n) is 5.77. The Morgan fingerprint density at radius 1 is 1.03 bits per heavy atom. The molecule has 0 aromatic heterocycles. The van der Waals surface area contributed by atoms with E-state index in [0.717, 1.165) is 10.5 Å². The summed E-state index contributed by atoms with van der Waals surface area (Å²) in [6, 6.07) is 11.8. The number of amides is 3. The number of Topliss-reactive ketones (excluding diaryl/α,β-unsaturated/α-hetero) is 1. The zero-order valence-corrected chi connectivity index (χ0v) is 18.2. The Kier molecular flexibility index (Phi) is 5.00. The largest absolute Gasteiger partial charge is 0.486 e. The molecule has 7 heteroatoms. The fourth-order valence-corrected chi connectivity index (χ4v) is 3.78. The smallest absolute Gasteiger partial charge is 0.325 e. The van der Waals surface area contributed by atoms with Crippen LogP contribution in [-0.4, -0.2) is 42.4 Å². The Morgan fingerprint density at radius 2 is 1.68 bits per heavy atom. The van der Waals surface area contributed by atoms with Gasteiger partial charge in [-0.2, -0.15) is 0 Å². The van der Waals surface area contributed by atoms with E-state index in [2.05, 4.69) is 26.1 Å². The summed E-state index contributed by atoms with van der Waals surface area (Å²) < 4.78 is 11.1. The number of ketones is 1. The second-order valence-corrected chi connectivity index (χ2v) is 9.06. The van der Waals surface area contributed by atoms with Crippen LogP contribution < -0.4 is 14.8 Å². The molecule has 0 radical (unpaired) electrons. The predicted molar refractivity (Wildman–Crippen MR) is 115 cm³/mol. The fraction of sp³-hybridized carbons (Fsp3) is 0.375. The molecular weight excluding hydrogens is 396 g/mol. The van der Waals surface area contributed by atoms with Gasteiger partial charge in [-0.15, -0.1) is 0 Å². The summed E-state index contributed by atoms with van der Waals surface area (Å²) in [6.07, 6.45) is 0. The molecule has 4 rings (SSSR count). The van der Waals surface area contributed by atoms with Gasteiger partial charge in [-0.25, -0.2) is 4.79 Å². The van der Waals surface area contributed by atoms with Crippen molar-refractivity contribution in [3.05, 3.63) is 59.2 Å². The summed E-state index contributed by atoms with van der Waals surface area (Å²) in [7, 11) is 0. The topological polar surface area (TPSA) is 84.9 Å². The predicted octanol–water partition coefficient (Wildman–Crippen LogP) is 3.41. The Bertz CT molecular complexity index is 1050. The van der Waals surface area contributed by atoms with Gasteiger partial charge >= 0.3 is 6.03 Å². The summed E-state index contributed by atoms with van der Waals surface area (Å²) in [5.74, 6) is 0.353. The van der Waals surface area contributed by atoms with E-state index in [1.165, 1.54) is 0 Å². The summed E-state index contributed by atoms with van der Waals surface area (Å²) >= 11 is 0. The third kappa shape index (κ3) is 3.76. The highest BCUT2D eigenvalue weighted by molar-refractivity contribution is 6.11. The maximum Gasteiger partial charge on any atom is 0.325 e. The van der Waals surface area contributed by atoms with Crippen LogP contribution >= 0.6 is 0 Å². The van der Waals surface area contributed by atoms with Crippen LogP contribution in [0.3, 0.4) is 0 Å². The molecule has 2 aromatic carbocycles. The van der Waals surface area contributed by atoms with Crippen molar-refractivity contribution in [1.82, 2.24) is 10.2 Å². The average molecular weight is 422 g/mol. The van der Waals surface area contributed by atoms with Crippen LogP contribution in [0.4, 0.5) is 4.79 Å². The maximum atomic E-state index is 13.2. The SMILES string of the molecule is CC(C)(C)c1ccc(C(=O)CN2C(=O)N[C@](C)(c3ccc4c(c3)OCCO4)C2=O)cc1. The van der Waals surface area contributed by atoms with Gasteiger partial charge in [-0.1, -0.05) is 51.1 Å². The molecule has 0 aliphatic carbocycles. The molecule has 0 unspecified atom stereocenters. The maximum absolute atomic E-state index is 13.2. The first-order valence-electron chi connectivity index (χ1n) is 10.3. The highest BCUT2D eigenvalue weighted by atomic mass is 16.6. The van der Waals surface area contributed by atoms with E-state index in [1.54, 1.807) is 37.3 Å². The van der Waals surface area contributed by atoms with Crippen molar-refractivity contribution in [2.45, 2.75) is 38.6 Å². The first-order valence-corrected chi connectivity index (χ1v) is 10.3. The second-order valence-electron chi connectivity index (χ2n) is 9.06. The number of fused-ring (bicyclic) bond motifs is 1. The zero-order valence-electron chi connectivity index (χ0n) is 18.2. The molecule has 0 bridgehead atoms.